The Morgan fingerprint density at radius 3 is 2.33 bits per heavy atom. The van der Waals surface area contributed by atoms with Crippen molar-refractivity contribution in [1.29, 1.82) is 0 Å². The van der Waals surface area contributed by atoms with Gasteiger partial charge in [-0.15, -0.1) is 0 Å². The van der Waals surface area contributed by atoms with E-state index in [-0.39, 0.29) is 18.0 Å². The molecule has 0 bridgehead atoms. The lowest BCUT2D eigenvalue weighted by molar-refractivity contribution is -0.117. The van der Waals surface area contributed by atoms with Crippen molar-refractivity contribution in [3.63, 3.8) is 0 Å². The first-order valence-electron chi connectivity index (χ1n) is 9.56. The normalized spacial score (nSPS) is 10.7. The lowest BCUT2D eigenvalue weighted by Crippen LogP contribution is -2.30. The maximum absolute atomic E-state index is 13.0. The van der Waals surface area contributed by atoms with Crippen LogP contribution in [0, 0.1) is 6.92 Å². The Morgan fingerprint density at radius 1 is 0.967 bits per heavy atom. The number of anilines is 1. The number of hydrogen-bond donors (Lipinski definition) is 1. The Hall–Kier alpha value is -3.93. The molecule has 1 amide bonds. The second-order valence-electron chi connectivity index (χ2n) is 6.95. The summed E-state index contributed by atoms with van der Waals surface area (Å²) < 4.78 is 6.44. The molecule has 6 nitrogen and oxygen atoms in total. The molecule has 4 rings (SSSR count). The summed E-state index contributed by atoms with van der Waals surface area (Å²) in [6.45, 7) is 1.74. The second kappa shape index (κ2) is 8.21. The molecule has 0 fully saturated rings. The standard InChI is InChI=1S/C24H21N3O3/c1-16-7-3-6-10-21(16)25-22(28)15-27-24(29)20-9-5-4-8-19(20)23(26-27)17-11-13-18(30-2)14-12-17/h3-14H,15H2,1-2H3,(H,25,28). The van der Waals surface area contributed by atoms with E-state index >= 15 is 0 Å². The average molecular weight is 399 g/mol. The Bertz CT molecular complexity index is 1280. The third kappa shape index (κ3) is 3.80. The molecule has 0 radical (unpaired) electrons. The van der Waals surface area contributed by atoms with Gasteiger partial charge in [-0.25, -0.2) is 4.68 Å². The SMILES string of the molecule is COc1ccc(-c2nn(CC(=O)Nc3ccccc3C)c(=O)c3ccccc23)cc1. The van der Waals surface area contributed by atoms with E-state index in [9.17, 15) is 9.59 Å². The van der Waals surface area contributed by atoms with Crippen LogP contribution >= 0.6 is 0 Å². The summed E-state index contributed by atoms with van der Waals surface area (Å²) in [5, 5.41) is 8.64. The lowest BCUT2D eigenvalue weighted by Gasteiger charge is -2.12. The number of aromatic nitrogens is 2. The maximum Gasteiger partial charge on any atom is 0.275 e. The van der Waals surface area contributed by atoms with Gasteiger partial charge in [0, 0.05) is 16.6 Å². The van der Waals surface area contributed by atoms with Gasteiger partial charge in [-0.1, -0.05) is 36.4 Å². The van der Waals surface area contributed by atoms with E-state index in [1.54, 1.807) is 19.2 Å². The monoisotopic (exact) mass is 399 g/mol. The quantitative estimate of drug-likeness (QED) is 0.550. The molecular formula is C24H21N3O3. The van der Waals surface area contributed by atoms with Gasteiger partial charge in [0.05, 0.1) is 18.2 Å². The number of fused-ring (bicyclic) bond motifs is 1. The molecule has 0 atom stereocenters. The number of carbonyl (C=O) groups is 1. The molecule has 4 aromatic rings. The number of para-hydroxylation sites is 1. The minimum Gasteiger partial charge on any atom is -0.497 e. The van der Waals surface area contributed by atoms with Crippen LogP contribution in [-0.2, 0) is 11.3 Å². The topological polar surface area (TPSA) is 73.2 Å². The van der Waals surface area contributed by atoms with Crippen molar-refractivity contribution in [2.24, 2.45) is 0 Å². The van der Waals surface area contributed by atoms with E-state index in [2.05, 4.69) is 10.4 Å². The highest BCUT2D eigenvalue weighted by Crippen LogP contribution is 2.26. The summed E-state index contributed by atoms with van der Waals surface area (Å²) in [5.74, 6) is 0.420. The first-order chi connectivity index (χ1) is 14.6. The number of nitrogens with one attached hydrogen (secondary N) is 1. The van der Waals surface area contributed by atoms with Crippen LogP contribution in [0.2, 0.25) is 0 Å². The molecule has 0 saturated carbocycles. The number of nitrogens with zero attached hydrogens (tertiary/aromatic N) is 2. The molecule has 3 aromatic carbocycles. The van der Waals surface area contributed by atoms with Crippen LogP contribution in [0.5, 0.6) is 5.75 Å². The zero-order valence-corrected chi connectivity index (χ0v) is 16.8. The van der Waals surface area contributed by atoms with Crippen LogP contribution in [0.25, 0.3) is 22.0 Å². The third-order valence-electron chi connectivity index (χ3n) is 4.94. The molecule has 0 spiro atoms. The number of amides is 1. The number of methoxy groups -OCH3 is 1. The Balaban J connectivity index is 1.74. The van der Waals surface area contributed by atoms with Crippen LogP contribution in [-0.4, -0.2) is 22.8 Å². The van der Waals surface area contributed by atoms with Gasteiger partial charge >= 0.3 is 0 Å². The Morgan fingerprint density at radius 2 is 1.63 bits per heavy atom. The van der Waals surface area contributed by atoms with Gasteiger partial charge in [-0.3, -0.25) is 9.59 Å². The van der Waals surface area contributed by atoms with E-state index < -0.39 is 0 Å². The first kappa shape index (κ1) is 19.4. The minimum absolute atomic E-state index is 0.179. The predicted octanol–water partition coefficient (Wildman–Crippen LogP) is 4.02. The fourth-order valence-electron chi connectivity index (χ4n) is 3.34. The van der Waals surface area contributed by atoms with Crippen LogP contribution < -0.4 is 15.6 Å². The highest BCUT2D eigenvalue weighted by Gasteiger charge is 2.15. The highest BCUT2D eigenvalue weighted by atomic mass is 16.5. The zero-order valence-electron chi connectivity index (χ0n) is 16.8. The number of carbonyl (C=O) groups excluding carboxylic acids is 1. The molecule has 0 aliphatic carbocycles. The molecule has 30 heavy (non-hydrogen) atoms. The molecule has 0 saturated heterocycles. The van der Waals surface area contributed by atoms with E-state index in [1.807, 2.05) is 67.6 Å². The van der Waals surface area contributed by atoms with Crippen molar-refractivity contribution in [1.82, 2.24) is 9.78 Å². The number of aryl methyl sites for hydroxylation is 1. The average Bonchev–Trinajstić information content (AvgIpc) is 2.77. The summed E-state index contributed by atoms with van der Waals surface area (Å²) in [6.07, 6.45) is 0. The molecular weight excluding hydrogens is 378 g/mol. The van der Waals surface area contributed by atoms with Gasteiger partial charge in [-0.05, 0) is 48.9 Å². The highest BCUT2D eigenvalue weighted by molar-refractivity contribution is 5.95. The number of benzene rings is 3. The van der Waals surface area contributed by atoms with Crippen molar-refractivity contribution in [3.8, 4) is 17.0 Å². The molecule has 0 aliphatic heterocycles. The van der Waals surface area contributed by atoms with E-state index in [1.165, 1.54) is 4.68 Å². The van der Waals surface area contributed by atoms with Gasteiger partial charge < -0.3 is 10.1 Å². The van der Waals surface area contributed by atoms with E-state index in [4.69, 9.17) is 4.74 Å². The smallest absolute Gasteiger partial charge is 0.275 e. The van der Waals surface area contributed by atoms with Gasteiger partial charge in [-0.2, -0.15) is 5.10 Å². The Labute approximate surface area is 173 Å². The largest absolute Gasteiger partial charge is 0.497 e. The lowest BCUT2D eigenvalue weighted by atomic mass is 10.0. The summed E-state index contributed by atoms with van der Waals surface area (Å²) in [4.78, 5) is 25.6. The fourth-order valence-corrected chi connectivity index (χ4v) is 3.34. The zero-order chi connectivity index (χ0) is 21.1. The van der Waals surface area contributed by atoms with Crippen LogP contribution in [0.1, 0.15) is 5.56 Å². The van der Waals surface area contributed by atoms with Gasteiger partial charge in [0.2, 0.25) is 5.91 Å². The molecule has 1 aromatic heterocycles. The van der Waals surface area contributed by atoms with Crippen LogP contribution in [0.3, 0.4) is 0 Å². The van der Waals surface area contributed by atoms with Crippen molar-refractivity contribution in [3.05, 3.63) is 88.7 Å². The molecule has 1 heterocycles. The van der Waals surface area contributed by atoms with E-state index in [0.29, 0.717) is 16.8 Å². The van der Waals surface area contributed by atoms with Gasteiger partial charge in [0.25, 0.3) is 5.56 Å². The van der Waals surface area contributed by atoms with Crippen molar-refractivity contribution >= 4 is 22.4 Å². The predicted molar refractivity (Wildman–Crippen MR) is 118 cm³/mol. The Kier molecular flexibility index (Phi) is 5.30. The minimum atomic E-state index is -0.310. The summed E-state index contributed by atoms with van der Waals surface area (Å²) in [5.41, 5.74) is 2.83. The van der Waals surface area contributed by atoms with Crippen LogP contribution in [0.15, 0.2) is 77.6 Å². The first-order valence-corrected chi connectivity index (χ1v) is 9.56. The second-order valence-corrected chi connectivity index (χ2v) is 6.95. The molecule has 6 heteroatoms. The van der Waals surface area contributed by atoms with Gasteiger partial charge in [0.15, 0.2) is 0 Å². The number of hydrogen-bond acceptors (Lipinski definition) is 4. The van der Waals surface area contributed by atoms with Crippen LogP contribution in [0.4, 0.5) is 5.69 Å². The van der Waals surface area contributed by atoms with Gasteiger partial charge in [0.1, 0.15) is 12.3 Å². The van der Waals surface area contributed by atoms with Crippen molar-refractivity contribution in [2.75, 3.05) is 12.4 Å². The van der Waals surface area contributed by atoms with E-state index in [0.717, 1.165) is 22.3 Å². The van der Waals surface area contributed by atoms with Crippen molar-refractivity contribution < 1.29 is 9.53 Å². The third-order valence-corrected chi connectivity index (χ3v) is 4.94. The summed E-state index contributed by atoms with van der Waals surface area (Å²) in [7, 11) is 1.61. The summed E-state index contributed by atoms with van der Waals surface area (Å²) in [6, 6.07) is 22.2. The number of rotatable bonds is 5. The summed E-state index contributed by atoms with van der Waals surface area (Å²) >= 11 is 0. The van der Waals surface area contributed by atoms with Crippen molar-refractivity contribution in [2.45, 2.75) is 13.5 Å². The molecule has 1 N–H and O–H groups in total. The molecule has 0 unspecified atom stereocenters. The number of ether oxygens (including phenoxy) is 1. The maximum atomic E-state index is 13.0. The molecule has 0 aliphatic rings. The fraction of sp³-hybridized carbons (Fsp3) is 0.125. The molecule has 150 valence electrons.